The van der Waals surface area contributed by atoms with Crippen LogP contribution in [0.25, 0.3) is 0 Å². The average molecular weight is 318 g/mol. The minimum Gasteiger partial charge on any atom is -0.504 e. The summed E-state index contributed by atoms with van der Waals surface area (Å²) in [5.41, 5.74) is 0.210. The fraction of sp³-hybridized carbons (Fsp3) is 0.364. The van der Waals surface area contributed by atoms with Gasteiger partial charge < -0.3 is 20.1 Å². The monoisotopic (exact) mass is 318 g/mol. The van der Waals surface area contributed by atoms with E-state index in [-0.39, 0.29) is 18.4 Å². The summed E-state index contributed by atoms with van der Waals surface area (Å²) in [6, 6.07) is 2.50. The molecule has 0 aromatic heterocycles. The van der Waals surface area contributed by atoms with Crippen LogP contribution in [0.15, 0.2) is 12.1 Å². The van der Waals surface area contributed by atoms with E-state index < -0.39 is 45.5 Å². The first kappa shape index (κ1) is 13.9. The van der Waals surface area contributed by atoms with E-state index in [0.717, 1.165) is 6.07 Å². The summed E-state index contributed by atoms with van der Waals surface area (Å²) in [4.78, 5) is 11.6. The Kier molecular flexibility index (Phi) is 2.80. The second kappa shape index (κ2) is 4.23. The lowest BCUT2D eigenvalue weighted by molar-refractivity contribution is -0.200. The molecule has 2 aliphatic rings. The number of aromatic hydroxyl groups is 3. The Morgan fingerprint density at radius 2 is 1.86 bits per heavy atom. The SMILES string of the molecule is O=C1OC(Cc2ccc(O)c(O)c2O)CC12OS(=O)(=O)O2. The zero-order valence-electron chi connectivity index (χ0n) is 10.3. The lowest BCUT2D eigenvalue weighted by Gasteiger charge is -2.31. The molecule has 9 nitrogen and oxygen atoms in total. The van der Waals surface area contributed by atoms with E-state index in [1.54, 1.807) is 0 Å². The number of benzene rings is 1. The van der Waals surface area contributed by atoms with Crippen LogP contribution >= 0.6 is 0 Å². The first-order chi connectivity index (χ1) is 9.72. The van der Waals surface area contributed by atoms with Gasteiger partial charge in [-0.25, -0.2) is 4.79 Å². The Balaban J connectivity index is 1.76. The van der Waals surface area contributed by atoms with Gasteiger partial charge in [-0.3, -0.25) is 0 Å². The molecule has 0 bridgehead atoms. The van der Waals surface area contributed by atoms with Crippen molar-refractivity contribution in [1.29, 1.82) is 0 Å². The molecule has 2 fully saturated rings. The van der Waals surface area contributed by atoms with Gasteiger partial charge in [0, 0.05) is 12.0 Å². The van der Waals surface area contributed by atoms with Crippen molar-refractivity contribution < 1.29 is 41.6 Å². The minimum atomic E-state index is -4.15. The van der Waals surface area contributed by atoms with Crippen molar-refractivity contribution >= 4 is 16.4 Å². The van der Waals surface area contributed by atoms with Crippen LogP contribution in [0.3, 0.4) is 0 Å². The van der Waals surface area contributed by atoms with Crippen LogP contribution in [0.2, 0.25) is 0 Å². The molecule has 1 unspecified atom stereocenters. The maximum absolute atomic E-state index is 11.6. The Morgan fingerprint density at radius 3 is 2.48 bits per heavy atom. The van der Waals surface area contributed by atoms with Gasteiger partial charge in [0.25, 0.3) is 0 Å². The van der Waals surface area contributed by atoms with Crippen molar-refractivity contribution in [3.63, 3.8) is 0 Å². The normalized spacial score (nSPS) is 25.5. The van der Waals surface area contributed by atoms with E-state index in [4.69, 9.17) is 4.74 Å². The highest BCUT2D eigenvalue weighted by atomic mass is 32.3. The molecular formula is C11H10O9S. The fourth-order valence-electron chi connectivity index (χ4n) is 2.27. The Labute approximate surface area is 118 Å². The van der Waals surface area contributed by atoms with Gasteiger partial charge in [-0.2, -0.15) is 16.8 Å². The number of carbonyl (C=O) groups is 1. The van der Waals surface area contributed by atoms with Crippen molar-refractivity contribution in [1.82, 2.24) is 0 Å². The zero-order chi connectivity index (χ0) is 15.4. The predicted octanol–water partition coefficient (Wildman–Crippen LogP) is -0.351. The van der Waals surface area contributed by atoms with Crippen LogP contribution in [-0.4, -0.2) is 41.6 Å². The van der Waals surface area contributed by atoms with Crippen molar-refractivity contribution in [2.75, 3.05) is 0 Å². The topological polar surface area (TPSA) is 140 Å². The first-order valence-corrected chi connectivity index (χ1v) is 7.16. The van der Waals surface area contributed by atoms with Crippen LogP contribution < -0.4 is 0 Å². The number of rotatable bonds is 2. The summed E-state index contributed by atoms with van der Waals surface area (Å²) < 4.78 is 35.5. The van der Waals surface area contributed by atoms with Gasteiger partial charge in [-0.15, -0.1) is 0 Å². The van der Waals surface area contributed by atoms with Crippen molar-refractivity contribution in [3.8, 4) is 17.2 Å². The van der Waals surface area contributed by atoms with E-state index in [2.05, 4.69) is 8.37 Å². The molecule has 21 heavy (non-hydrogen) atoms. The second-order valence-corrected chi connectivity index (χ2v) is 5.85. The maximum Gasteiger partial charge on any atom is 0.406 e. The van der Waals surface area contributed by atoms with Crippen LogP contribution in [0.1, 0.15) is 12.0 Å². The molecule has 0 radical (unpaired) electrons. The van der Waals surface area contributed by atoms with E-state index in [0.29, 0.717) is 0 Å². The second-order valence-electron chi connectivity index (χ2n) is 4.70. The molecule has 2 heterocycles. The van der Waals surface area contributed by atoms with Gasteiger partial charge in [0.15, 0.2) is 11.5 Å². The summed E-state index contributed by atoms with van der Waals surface area (Å²) in [6.07, 6.45) is -0.991. The number of phenolic OH excluding ortho intramolecular Hbond substituents is 3. The molecule has 0 aliphatic carbocycles. The lowest BCUT2D eigenvalue weighted by Crippen LogP contribution is -2.53. The van der Waals surface area contributed by atoms with Gasteiger partial charge in [0.1, 0.15) is 6.10 Å². The highest BCUT2D eigenvalue weighted by Gasteiger charge is 2.65. The van der Waals surface area contributed by atoms with E-state index in [1.807, 2.05) is 0 Å². The van der Waals surface area contributed by atoms with Crippen molar-refractivity contribution in [2.45, 2.75) is 24.7 Å². The summed E-state index contributed by atoms with van der Waals surface area (Å²) in [7, 11) is -4.15. The molecule has 3 rings (SSSR count). The van der Waals surface area contributed by atoms with Crippen LogP contribution in [0, 0.1) is 0 Å². The minimum absolute atomic E-state index is 0.0140. The lowest BCUT2D eigenvalue weighted by atomic mass is 10.0. The number of esters is 1. The number of ether oxygens (including phenoxy) is 1. The first-order valence-electron chi connectivity index (χ1n) is 5.82. The molecule has 1 aromatic carbocycles. The summed E-state index contributed by atoms with van der Waals surface area (Å²) in [5.74, 6) is -4.64. The van der Waals surface area contributed by atoms with Gasteiger partial charge in [-0.05, 0) is 6.07 Å². The fourth-order valence-corrected chi connectivity index (χ4v) is 3.22. The molecule has 3 N–H and O–H groups in total. The molecular weight excluding hydrogens is 308 g/mol. The van der Waals surface area contributed by atoms with E-state index in [1.165, 1.54) is 6.07 Å². The molecule has 10 heteroatoms. The molecule has 1 atom stereocenters. The third-order valence-electron chi connectivity index (χ3n) is 3.22. The summed E-state index contributed by atoms with van der Waals surface area (Å²) in [6.45, 7) is 0. The Bertz CT molecular complexity index is 711. The number of hydrogen-bond acceptors (Lipinski definition) is 9. The van der Waals surface area contributed by atoms with Gasteiger partial charge >= 0.3 is 22.2 Å². The molecule has 0 amide bonds. The number of carbonyl (C=O) groups excluding carboxylic acids is 1. The van der Waals surface area contributed by atoms with Crippen LogP contribution in [0.4, 0.5) is 0 Å². The van der Waals surface area contributed by atoms with Gasteiger partial charge in [-0.1, -0.05) is 6.07 Å². The summed E-state index contributed by atoms with van der Waals surface area (Å²) in [5, 5.41) is 28.3. The number of cyclic esters (lactones) is 1. The predicted molar refractivity (Wildman–Crippen MR) is 63.5 cm³/mol. The summed E-state index contributed by atoms with van der Waals surface area (Å²) >= 11 is 0. The smallest absolute Gasteiger partial charge is 0.406 e. The molecule has 1 aromatic rings. The van der Waals surface area contributed by atoms with Gasteiger partial charge in [0.05, 0.1) is 6.42 Å². The molecule has 1 spiro atoms. The van der Waals surface area contributed by atoms with Crippen molar-refractivity contribution in [2.24, 2.45) is 0 Å². The third kappa shape index (κ3) is 2.17. The highest BCUT2D eigenvalue weighted by molar-refractivity contribution is 7.83. The standard InChI is InChI=1S/C11H10O9S/c12-7-2-1-5(8(13)9(7)14)3-6-4-11(10(15)18-6)19-21(16,17)20-11/h1-2,6,12-14H,3-4H2. The van der Waals surface area contributed by atoms with E-state index >= 15 is 0 Å². The van der Waals surface area contributed by atoms with E-state index in [9.17, 15) is 28.5 Å². The number of hydrogen-bond donors (Lipinski definition) is 3. The third-order valence-corrected chi connectivity index (χ3v) is 4.16. The quantitative estimate of drug-likeness (QED) is 0.493. The van der Waals surface area contributed by atoms with Crippen molar-refractivity contribution in [3.05, 3.63) is 17.7 Å². The molecule has 0 saturated carbocycles. The average Bonchev–Trinajstić information content (AvgIpc) is 2.66. The van der Waals surface area contributed by atoms with Crippen LogP contribution in [0.5, 0.6) is 17.2 Å². The zero-order valence-corrected chi connectivity index (χ0v) is 11.2. The Hall–Kier alpha value is -2.04. The molecule has 2 saturated heterocycles. The van der Waals surface area contributed by atoms with Crippen LogP contribution in [-0.2, 0) is 34.7 Å². The highest BCUT2D eigenvalue weighted by Crippen LogP contribution is 2.44. The largest absolute Gasteiger partial charge is 0.504 e. The molecule has 2 aliphatic heterocycles. The Morgan fingerprint density at radius 1 is 1.19 bits per heavy atom. The molecule has 114 valence electrons. The number of phenols is 3. The van der Waals surface area contributed by atoms with Gasteiger partial charge in [0.2, 0.25) is 5.75 Å². The maximum atomic E-state index is 11.6.